The Kier molecular flexibility index (Phi) is 2.29. The van der Waals surface area contributed by atoms with Crippen LogP contribution in [0.2, 0.25) is 0 Å². The largest absolute Gasteiger partial charge is 0.454 e. The first-order valence-electron chi connectivity index (χ1n) is 6.24. The van der Waals surface area contributed by atoms with Crippen molar-refractivity contribution < 1.29 is 13.9 Å². The minimum Gasteiger partial charge on any atom is -0.454 e. The Bertz CT molecular complexity index is 864. The van der Waals surface area contributed by atoms with Crippen molar-refractivity contribution in [1.82, 2.24) is 0 Å². The molecule has 0 amide bonds. The van der Waals surface area contributed by atoms with E-state index in [0.29, 0.717) is 22.6 Å². The second-order valence-electron chi connectivity index (χ2n) is 4.55. The van der Waals surface area contributed by atoms with Crippen LogP contribution in [0.25, 0.3) is 22.1 Å². The Morgan fingerprint density at radius 2 is 1.75 bits per heavy atom. The minimum atomic E-state index is -0.359. The molecule has 2 aromatic carbocycles. The number of benzene rings is 2. The van der Waals surface area contributed by atoms with E-state index in [2.05, 4.69) is 0 Å². The third-order valence-corrected chi connectivity index (χ3v) is 3.32. The van der Waals surface area contributed by atoms with Gasteiger partial charge in [0.15, 0.2) is 11.5 Å². The molecule has 0 atom stereocenters. The van der Waals surface area contributed by atoms with Crippen LogP contribution in [-0.2, 0) is 0 Å². The number of para-hydroxylation sites is 1. The van der Waals surface area contributed by atoms with Gasteiger partial charge in [-0.3, -0.25) is 0 Å². The van der Waals surface area contributed by atoms with Crippen molar-refractivity contribution in [2.45, 2.75) is 0 Å². The average molecular weight is 266 g/mol. The van der Waals surface area contributed by atoms with Gasteiger partial charge in [-0.15, -0.1) is 0 Å². The number of ether oxygens (including phenoxy) is 2. The van der Waals surface area contributed by atoms with Gasteiger partial charge in [-0.25, -0.2) is 4.79 Å². The molecule has 0 saturated carbocycles. The van der Waals surface area contributed by atoms with Gasteiger partial charge in [-0.05, 0) is 29.8 Å². The van der Waals surface area contributed by atoms with Crippen LogP contribution < -0.4 is 15.1 Å². The van der Waals surface area contributed by atoms with Gasteiger partial charge in [0, 0.05) is 5.39 Å². The summed E-state index contributed by atoms with van der Waals surface area (Å²) in [5.41, 5.74) is 1.50. The van der Waals surface area contributed by atoms with E-state index in [-0.39, 0.29) is 12.4 Å². The first-order chi connectivity index (χ1) is 9.81. The van der Waals surface area contributed by atoms with Crippen LogP contribution in [0.4, 0.5) is 0 Å². The van der Waals surface area contributed by atoms with Crippen LogP contribution in [0.1, 0.15) is 0 Å². The maximum absolute atomic E-state index is 12.1. The average Bonchev–Trinajstić information content (AvgIpc) is 2.94. The first kappa shape index (κ1) is 11.1. The van der Waals surface area contributed by atoms with E-state index in [1.165, 1.54) is 0 Å². The standard InChI is InChI=1S/C16H10O4/c17-16-12(7-11-3-1-2-4-13(11)20-16)10-5-6-14-15(8-10)19-9-18-14/h1-8H,9H2. The van der Waals surface area contributed by atoms with Crippen molar-refractivity contribution in [3.05, 3.63) is 59.0 Å². The molecule has 20 heavy (non-hydrogen) atoms. The first-order valence-corrected chi connectivity index (χ1v) is 6.24. The highest BCUT2D eigenvalue weighted by atomic mass is 16.7. The number of fused-ring (bicyclic) bond motifs is 2. The Labute approximate surface area is 114 Å². The molecule has 0 aliphatic carbocycles. The van der Waals surface area contributed by atoms with E-state index in [1.807, 2.05) is 30.3 Å². The third kappa shape index (κ3) is 1.66. The summed E-state index contributed by atoms with van der Waals surface area (Å²) in [6, 6.07) is 14.7. The fourth-order valence-electron chi connectivity index (χ4n) is 2.33. The predicted octanol–water partition coefficient (Wildman–Crippen LogP) is 3.19. The summed E-state index contributed by atoms with van der Waals surface area (Å²) in [5.74, 6) is 1.34. The van der Waals surface area contributed by atoms with Gasteiger partial charge in [0.25, 0.3) is 0 Å². The lowest BCUT2D eigenvalue weighted by atomic mass is 10.1. The zero-order valence-electron chi connectivity index (χ0n) is 10.5. The van der Waals surface area contributed by atoms with Crippen molar-refractivity contribution in [2.75, 3.05) is 6.79 Å². The number of hydrogen-bond donors (Lipinski definition) is 0. The lowest BCUT2D eigenvalue weighted by molar-refractivity contribution is 0.174. The summed E-state index contributed by atoms with van der Waals surface area (Å²) in [6.07, 6.45) is 0. The molecule has 1 aliphatic heterocycles. The zero-order valence-corrected chi connectivity index (χ0v) is 10.5. The highest BCUT2D eigenvalue weighted by Gasteiger charge is 2.15. The highest BCUT2D eigenvalue weighted by Crippen LogP contribution is 2.35. The molecule has 0 spiro atoms. The molecule has 2 heterocycles. The Morgan fingerprint density at radius 3 is 2.70 bits per heavy atom. The Balaban J connectivity index is 1.93. The normalized spacial score (nSPS) is 12.8. The monoisotopic (exact) mass is 266 g/mol. The van der Waals surface area contributed by atoms with Crippen LogP contribution in [0.15, 0.2) is 57.7 Å². The summed E-state index contributed by atoms with van der Waals surface area (Å²) in [5, 5.41) is 0.889. The molecule has 1 aromatic heterocycles. The maximum Gasteiger partial charge on any atom is 0.344 e. The van der Waals surface area contributed by atoms with Gasteiger partial charge < -0.3 is 13.9 Å². The quantitative estimate of drug-likeness (QED) is 0.635. The van der Waals surface area contributed by atoms with E-state index < -0.39 is 0 Å². The number of rotatable bonds is 1. The molecule has 0 radical (unpaired) electrons. The fourth-order valence-corrected chi connectivity index (χ4v) is 2.33. The van der Waals surface area contributed by atoms with Crippen LogP contribution >= 0.6 is 0 Å². The van der Waals surface area contributed by atoms with E-state index in [4.69, 9.17) is 13.9 Å². The summed E-state index contributed by atoms with van der Waals surface area (Å²) in [7, 11) is 0. The second kappa shape index (κ2) is 4.13. The van der Waals surface area contributed by atoms with Crippen molar-refractivity contribution in [2.24, 2.45) is 0 Å². The Hall–Kier alpha value is -2.75. The van der Waals surface area contributed by atoms with Gasteiger partial charge in [-0.1, -0.05) is 24.3 Å². The van der Waals surface area contributed by atoms with Gasteiger partial charge in [-0.2, -0.15) is 0 Å². The van der Waals surface area contributed by atoms with Crippen molar-refractivity contribution in [3.63, 3.8) is 0 Å². The van der Waals surface area contributed by atoms with Crippen LogP contribution in [-0.4, -0.2) is 6.79 Å². The summed E-state index contributed by atoms with van der Waals surface area (Å²) >= 11 is 0. The molecular weight excluding hydrogens is 256 g/mol. The van der Waals surface area contributed by atoms with Gasteiger partial charge in [0.05, 0.1) is 5.56 Å². The topological polar surface area (TPSA) is 48.7 Å². The summed E-state index contributed by atoms with van der Waals surface area (Å²) in [4.78, 5) is 12.1. The predicted molar refractivity (Wildman–Crippen MR) is 74.0 cm³/mol. The third-order valence-electron chi connectivity index (χ3n) is 3.32. The van der Waals surface area contributed by atoms with Crippen LogP contribution in [0.5, 0.6) is 11.5 Å². The highest BCUT2D eigenvalue weighted by molar-refractivity contribution is 5.82. The molecule has 4 heteroatoms. The van der Waals surface area contributed by atoms with Gasteiger partial charge in [0.1, 0.15) is 5.58 Å². The van der Waals surface area contributed by atoms with Crippen LogP contribution in [0, 0.1) is 0 Å². The molecule has 0 bridgehead atoms. The lowest BCUT2D eigenvalue weighted by Gasteiger charge is -2.03. The maximum atomic E-state index is 12.1. The molecule has 98 valence electrons. The molecule has 4 nitrogen and oxygen atoms in total. The van der Waals surface area contributed by atoms with Crippen molar-refractivity contribution in [3.8, 4) is 22.6 Å². The SMILES string of the molecule is O=c1oc2ccccc2cc1-c1ccc2c(c1)OCO2. The fraction of sp³-hybridized carbons (Fsp3) is 0.0625. The van der Waals surface area contributed by atoms with Crippen molar-refractivity contribution in [1.29, 1.82) is 0 Å². The molecule has 0 N–H and O–H groups in total. The van der Waals surface area contributed by atoms with E-state index >= 15 is 0 Å². The summed E-state index contributed by atoms with van der Waals surface area (Å²) in [6.45, 7) is 0.213. The van der Waals surface area contributed by atoms with E-state index in [9.17, 15) is 4.79 Å². The molecule has 0 fully saturated rings. The van der Waals surface area contributed by atoms with E-state index in [1.54, 1.807) is 18.2 Å². The minimum absolute atomic E-state index is 0.213. The van der Waals surface area contributed by atoms with Gasteiger partial charge >= 0.3 is 5.63 Å². The van der Waals surface area contributed by atoms with Gasteiger partial charge in [0.2, 0.25) is 6.79 Å². The van der Waals surface area contributed by atoms with Crippen LogP contribution in [0.3, 0.4) is 0 Å². The Morgan fingerprint density at radius 1 is 0.900 bits per heavy atom. The zero-order chi connectivity index (χ0) is 13.5. The molecular formula is C16H10O4. The second-order valence-corrected chi connectivity index (χ2v) is 4.55. The number of hydrogen-bond acceptors (Lipinski definition) is 4. The smallest absolute Gasteiger partial charge is 0.344 e. The molecule has 4 rings (SSSR count). The molecule has 3 aromatic rings. The lowest BCUT2D eigenvalue weighted by Crippen LogP contribution is -2.02. The summed E-state index contributed by atoms with van der Waals surface area (Å²) < 4.78 is 15.9. The van der Waals surface area contributed by atoms with E-state index in [0.717, 1.165) is 10.9 Å². The molecule has 0 unspecified atom stereocenters. The van der Waals surface area contributed by atoms with Crippen molar-refractivity contribution >= 4 is 11.0 Å². The molecule has 0 saturated heterocycles. The molecule has 1 aliphatic rings.